The maximum Gasteiger partial charge on any atom is 0.407 e. The number of amides is 2. The summed E-state index contributed by atoms with van der Waals surface area (Å²) in [5.41, 5.74) is 4.05. The summed E-state index contributed by atoms with van der Waals surface area (Å²) in [5.74, 6) is 0.638. The number of nitrogens with zero attached hydrogens (tertiary/aromatic N) is 1. The molecule has 0 spiro atoms. The summed E-state index contributed by atoms with van der Waals surface area (Å²) in [6.45, 7) is 5.87. The van der Waals surface area contributed by atoms with E-state index in [9.17, 15) is 9.59 Å². The molecule has 0 aliphatic heterocycles. The van der Waals surface area contributed by atoms with E-state index in [1.54, 1.807) is 31.2 Å². The highest BCUT2D eigenvalue weighted by Gasteiger charge is 2.21. The van der Waals surface area contributed by atoms with Gasteiger partial charge in [0.1, 0.15) is 12.6 Å². The Labute approximate surface area is 181 Å². The molecule has 0 saturated heterocycles. The summed E-state index contributed by atoms with van der Waals surface area (Å²) in [5, 5.41) is 6.56. The van der Waals surface area contributed by atoms with Gasteiger partial charge in [0.25, 0.3) is 5.91 Å². The van der Waals surface area contributed by atoms with Crippen molar-refractivity contribution in [3.8, 4) is 11.5 Å². The predicted molar refractivity (Wildman–Crippen MR) is 119 cm³/mol. The number of rotatable bonds is 11. The van der Waals surface area contributed by atoms with Crippen LogP contribution in [0.3, 0.4) is 0 Å². The van der Waals surface area contributed by atoms with Crippen molar-refractivity contribution in [2.24, 2.45) is 5.10 Å². The van der Waals surface area contributed by atoms with E-state index in [0.717, 1.165) is 5.56 Å². The average molecular weight is 425 g/mol. The lowest BCUT2D eigenvalue weighted by Crippen LogP contribution is -2.47. The number of methoxy groups -OCH3 is 1. The number of hydrogen-bond donors (Lipinski definition) is 2. The molecule has 0 unspecified atom stereocenters. The minimum atomic E-state index is -0.845. The molecule has 0 heterocycles. The van der Waals surface area contributed by atoms with E-state index in [4.69, 9.17) is 14.2 Å². The van der Waals surface area contributed by atoms with Gasteiger partial charge in [-0.25, -0.2) is 10.2 Å². The first-order chi connectivity index (χ1) is 15.1. The SMILES string of the molecule is C=CCOc1ccc(/C=N\NC(=O)[C@@H](Cc2ccccc2)NC(=O)OCC)cc1OC. The quantitative estimate of drug-likeness (QED) is 0.328. The van der Waals surface area contributed by atoms with E-state index in [-0.39, 0.29) is 6.61 Å². The monoisotopic (exact) mass is 425 g/mol. The second kappa shape index (κ2) is 12.7. The molecule has 2 amide bonds. The molecule has 8 nitrogen and oxygen atoms in total. The van der Waals surface area contributed by atoms with Crippen LogP contribution >= 0.6 is 0 Å². The summed E-state index contributed by atoms with van der Waals surface area (Å²) >= 11 is 0. The molecule has 2 aromatic carbocycles. The predicted octanol–water partition coefficient (Wildman–Crippen LogP) is 3.07. The zero-order chi connectivity index (χ0) is 22.5. The number of carbonyl (C=O) groups is 2. The lowest BCUT2D eigenvalue weighted by molar-refractivity contribution is -0.123. The van der Waals surface area contributed by atoms with Crippen LogP contribution in [-0.2, 0) is 16.0 Å². The zero-order valence-electron chi connectivity index (χ0n) is 17.7. The van der Waals surface area contributed by atoms with Gasteiger partial charge >= 0.3 is 6.09 Å². The molecule has 2 aromatic rings. The number of benzene rings is 2. The molecule has 0 bridgehead atoms. The third kappa shape index (κ3) is 7.85. The third-order valence-corrected chi connectivity index (χ3v) is 4.10. The molecule has 0 aromatic heterocycles. The first-order valence-corrected chi connectivity index (χ1v) is 9.79. The van der Waals surface area contributed by atoms with Crippen molar-refractivity contribution in [3.63, 3.8) is 0 Å². The van der Waals surface area contributed by atoms with Crippen molar-refractivity contribution in [1.82, 2.24) is 10.7 Å². The van der Waals surface area contributed by atoms with Crippen molar-refractivity contribution in [2.45, 2.75) is 19.4 Å². The third-order valence-electron chi connectivity index (χ3n) is 4.10. The van der Waals surface area contributed by atoms with E-state index >= 15 is 0 Å². The lowest BCUT2D eigenvalue weighted by Gasteiger charge is -2.16. The minimum Gasteiger partial charge on any atom is -0.493 e. The Bertz CT molecular complexity index is 899. The molecule has 2 N–H and O–H groups in total. The molecule has 0 aliphatic carbocycles. The lowest BCUT2D eigenvalue weighted by atomic mass is 10.1. The van der Waals surface area contributed by atoms with Gasteiger partial charge in [-0.05, 0) is 36.2 Å². The largest absolute Gasteiger partial charge is 0.493 e. The van der Waals surface area contributed by atoms with Crippen LogP contribution in [0.4, 0.5) is 4.79 Å². The van der Waals surface area contributed by atoms with Gasteiger partial charge in [-0.15, -0.1) is 0 Å². The summed E-state index contributed by atoms with van der Waals surface area (Å²) in [6.07, 6.45) is 2.74. The van der Waals surface area contributed by atoms with Crippen molar-refractivity contribution in [3.05, 3.63) is 72.3 Å². The summed E-state index contributed by atoms with van der Waals surface area (Å²) in [6, 6.07) is 13.8. The maximum absolute atomic E-state index is 12.6. The molecule has 0 saturated carbocycles. The van der Waals surface area contributed by atoms with Gasteiger partial charge in [-0.3, -0.25) is 4.79 Å². The molecule has 8 heteroatoms. The van der Waals surface area contributed by atoms with Crippen LogP contribution in [-0.4, -0.2) is 44.6 Å². The molecule has 2 rings (SSSR count). The Hall–Kier alpha value is -3.81. The second-order valence-electron chi connectivity index (χ2n) is 6.35. The van der Waals surface area contributed by atoms with Crippen molar-refractivity contribution < 1.29 is 23.8 Å². The number of hydrogen-bond acceptors (Lipinski definition) is 6. The summed E-state index contributed by atoms with van der Waals surface area (Å²) in [7, 11) is 1.54. The van der Waals surface area contributed by atoms with E-state index in [1.807, 2.05) is 30.3 Å². The highest BCUT2D eigenvalue weighted by atomic mass is 16.5. The van der Waals surface area contributed by atoms with E-state index in [1.165, 1.54) is 13.3 Å². The number of ether oxygens (including phenoxy) is 3. The first-order valence-electron chi connectivity index (χ1n) is 9.79. The van der Waals surface area contributed by atoms with Crippen molar-refractivity contribution in [2.75, 3.05) is 20.3 Å². The fourth-order valence-electron chi connectivity index (χ4n) is 2.65. The van der Waals surface area contributed by atoms with Gasteiger partial charge in [-0.1, -0.05) is 43.0 Å². The normalized spacial score (nSPS) is 11.4. The molecule has 1 atom stereocenters. The first kappa shape index (κ1) is 23.5. The Balaban J connectivity index is 2.05. The average Bonchev–Trinajstić information content (AvgIpc) is 2.78. The molecule has 164 valence electrons. The number of carbonyl (C=O) groups excluding carboxylic acids is 2. The number of nitrogens with one attached hydrogen (secondary N) is 2. The minimum absolute atomic E-state index is 0.206. The van der Waals surface area contributed by atoms with E-state index in [0.29, 0.717) is 30.1 Å². The Morgan fingerprint density at radius 2 is 1.94 bits per heavy atom. The van der Waals surface area contributed by atoms with Gasteiger partial charge in [0, 0.05) is 6.42 Å². The smallest absolute Gasteiger partial charge is 0.407 e. The van der Waals surface area contributed by atoms with Crippen LogP contribution in [0.5, 0.6) is 11.5 Å². The number of alkyl carbamates (subject to hydrolysis) is 1. The molecule has 0 fully saturated rings. The highest BCUT2D eigenvalue weighted by Crippen LogP contribution is 2.27. The van der Waals surface area contributed by atoms with Crippen molar-refractivity contribution in [1.29, 1.82) is 0 Å². The van der Waals surface area contributed by atoms with E-state index < -0.39 is 18.0 Å². The molecular weight excluding hydrogens is 398 g/mol. The number of hydrazone groups is 1. The second-order valence-corrected chi connectivity index (χ2v) is 6.35. The Kier molecular flexibility index (Phi) is 9.61. The molecular formula is C23H27N3O5. The fraction of sp³-hybridized carbons (Fsp3) is 0.261. The van der Waals surface area contributed by atoms with Gasteiger partial charge < -0.3 is 19.5 Å². The van der Waals surface area contributed by atoms with Crippen LogP contribution in [0.15, 0.2) is 66.3 Å². The molecule has 0 aliphatic rings. The van der Waals surface area contributed by atoms with Gasteiger partial charge in [0.05, 0.1) is 19.9 Å². The Morgan fingerprint density at radius 3 is 2.61 bits per heavy atom. The van der Waals surface area contributed by atoms with Crippen molar-refractivity contribution >= 4 is 18.2 Å². The highest BCUT2D eigenvalue weighted by molar-refractivity contribution is 5.87. The van der Waals surface area contributed by atoms with Crippen LogP contribution < -0.4 is 20.2 Å². The van der Waals surface area contributed by atoms with Gasteiger partial charge in [0.15, 0.2) is 11.5 Å². The van der Waals surface area contributed by atoms with E-state index in [2.05, 4.69) is 22.4 Å². The maximum atomic E-state index is 12.6. The van der Waals surface area contributed by atoms with Crippen LogP contribution in [0, 0.1) is 0 Å². The van der Waals surface area contributed by atoms with Gasteiger partial charge in [-0.2, -0.15) is 5.10 Å². The molecule has 0 radical (unpaired) electrons. The van der Waals surface area contributed by atoms with Crippen LogP contribution in [0.1, 0.15) is 18.1 Å². The van der Waals surface area contributed by atoms with Crippen LogP contribution in [0.2, 0.25) is 0 Å². The Morgan fingerprint density at radius 1 is 1.16 bits per heavy atom. The topological polar surface area (TPSA) is 98.2 Å². The van der Waals surface area contributed by atoms with Crippen LogP contribution in [0.25, 0.3) is 0 Å². The summed E-state index contributed by atoms with van der Waals surface area (Å²) < 4.78 is 15.7. The standard InChI is InChI=1S/C23H27N3O5/c1-4-13-31-20-12-11-18(15-21(20)29-3)16-24-26-22(27)19(25-23(28)30-5-2)14-17-9-7-6-8-10-17/h4,6-12,15-16,19H,1,5,13-14H2,2-3H3,(H,25,28)(H,26,27)/b24-16-/t19-/m1/s1. The summed E-state index contributed by atoms with van der Waals surface area (Å²) in [4.78, 5) is 24.5. The van der Waals surface area contributed by atoms with Gasteiger partial charge in [0.2, 0.25) is 0 Å². The molecule has 31 heavy (non-hydrogen) atoms. The zero-order valence-corrected chi connectivity index (χ0v) is 17.7. The fourth-order valence-corrected chi connectivity index (χ4v) is 2.65.